The predicted molar refractivity (Wildman–Crippen MR) is 91.3 cm³/mol. The number of hydrogen-bond donors (Lipinski definition) is 0. The molecule has 0 aliphatic heterocycles. The Hall–Kier alpha value is -0.780. The second-order valence-electron chi connectivity index (χ2n) is 9.23. The first-order valence-corrected chi connectivity index (χ1v) is 8.06. The molecule has 0 saturated carbocycles. The van der Waals surface area contributed by atoms with Gasteiger partial charge in [-0.3, -0.25) is 0 Å². The van der Waals surface area contributed by atoms with E-state index in [1.54, 1.807) is 0 Å². The standard InChI is InChI=1S/C20H34/c1-15(2)9-16-10-17(13-19(3,4)5)12-18(11-16)14-20(6,7)8/h10-12,15H,9,13-14H2,1-8H3. The van der Waals surface area contributed by atoms with Gasteiger partial charge in [-0.15, -0.1) is 0 Å². The van der Waals surface area contributed by atoms with Gasteiger partial charge in [0.1, 0.15) is 0 Å². The summed E-state index contributed by atoms with van der Waals surface area (Å²) >= 11 is 0. The van der Waals surface area contributed by atoms with E-state index in [1.165, 1.54) is 23.1 Å². The van der Waals surface area contributed by atoms with Crippen molar-refractivity contribution in [1.82, 2.24) is 0 Å². The molecule has 0 saturated heterocycles. The molecule has 0 N–H and O–H groups in total. The van der Waals surface area contributed by atoms with Gasteiger partial charge < -0.3 is 0 Å². The maximum atomic E-state index is 2.43. The van der Waals surface area contributed by atoms with Gasteiger partial charge in [-0.2, -0.15) is 0 Å². The molecule has 0 nitrogen and oxygen atoms in total. The van der Waals surface area contributed by atoms with Crippen LogP contribution in [-0.4, -0.2) is 0 Å². The fourth-order valence-electron chi connectivity index (χ4n) is 2.86. The van der Waals surface area contributed by atoms with Crippen molar-refractivity contribution in [1.29, 1.82) is 0 Å². The Morgan fingerprint density at radius 2 is 1.05 bits per heavy atom. The number of benzene rings is 1. The van der Waals surface area contributed by atoms with E-state index >= 15 is 0 Å². The van der Waals surface area contributed by atoms with E-state index < -0.39 is 0 Å². The molecule has 1 aromatic carbocycles. The highest BCUT2D eigenvalue weighted by Gasteiger charge is 2.16. The van der Waals surface area contributed by atoms with Crippen LogP contribution >= 0.6 is 0 Å². The van der Waals surface area contributed by atoms with Crippen LogP contribution in [0.3, 0.4) is 0 Å². The van der Waals surface area contributed by atoms with E-state index in [2.05, 4.69) is 73.6 Å². The quantitative estimate of drug-likeness (QED) is 0.626. The van der Waals surface area contributed by atoms with Crippen LogP contribution in [0, 0.1) is 16.7 Å². The summed E-state index contributed by atoms with van der Waals surface area (Å²) in [6, 6.07) is 7.29. The monoisotopic (exact) mass is 274 g/mol. The molecule has 0 atom stereocenters. The predicted octanol–water partition coefficient (Wildman–Crippen LogP) is 6.06. The van der Waals surface area contributed by atoms with Crippen molar-refractivity contribution >= 4 is 0 Å². The summed E-state index contributed by atoms with van der Waals surface area (Å²) in [5.41, 5.74) is 5.25. The molecule has 0 fully saturated rings. The Labute approximate surface area is 127 Å². The zero-order chi connectivity index (χ0) is 15.6. The fourth-order valence-corrected chi connectivity index (χ4v) is 2.86. The van der Waals surface area contributed by atoms with Crippen molar-refractivity contribution in [3.8, 4) is 0 Å². The van der Waals surface area contributed by atoms with E-state index in [0.29, 0.717) is 10.8 Å². The first-order chi connectivity index (χ1) is 8.94. The van der Waals surface area contributed by atoms with Gasteiger partial charge in [-0.1, -0.05) is 73.6 Å². The zero-order valence-corrected chi connectivity index (χ0v) is 14.9. The topological polar surface area (TPSA) is 0 Å². The lowest BCUT2D eigenvalue weighted by atomic mass is 9.83. The Kier molecular flexibility index (Phi) is 5.46. The highest BCUT2D eigenvalue weighted by molar-refractivity contribution is 5.32. The van der Waals surface area contributed by atoms with Gasteiger partial charge in [-0.05, 0) is 52.7 Å². The molecule has 0 unspecified atom stereocenters. The van der Waals surface area contributed by atoms with Crippen molar-refractivity contribution in [2.24, 2.45) is 16.7 Å². The Morgan fingerprint density at radius 1 is 0.700 bits per heavy atom. The summed E-state index contributed by atoms with van der Waals surface area (Å²) < 4.78 is 0. The maximum Gasteiger partial charge on any atom is -0.0230 e. The van der Waals surface area contributed by atoms with Crippen LogP contribution in [0.5, 0.6) is 0 Å². The third kappa shape index (κ3) is 7.12. The summed E-state index contributed by atoms with van der Waals surface area (Å²) in [7, 11) is 0. The molecule has 0 amide bonds. The number of rotatable bonds is 4. The summed E-state index contributed by atoms with van der Waals surface area (Å²) in [6.07, 6.45) is 3.52. The van der Waals surface area contributed by atoms with Crippen LogP contribution in [0.15, 0.2) is 18.2 Å². The molecule has 20 heavy (non-hydrogen) atoms. The van der Waals surface area contributed by atoms with Gasteiger partial charge in [0.05, 0.1) is 0 Å². The van der Waals surface area contributed by atoms with E-state index in [4.69, 9.17) is 0 Å². The van der Waals surface area contributed by atoms with Gasteiger partial charge in [0.15, 0.2) is 0 Å². The van der Waals surface area contributed by atoms with Gasteiger partial charge in [0.25, 0.3) is 0 Å². The van der Waals surface area contributed by atoms with Gasteiger partial charge in [0.2, 0.25) is 0 Å². The molecule has 0 bridgehead atoms. The van der Waals surface area contributed by atoms with E-state index in [9.17, 15) is 0 Å². The van der Waals surface area contributed by atoms with Crippen LogP contribution in [0.1, 0.15) is 72.1 Å². The largest absolute Gasteiger partial charge is 0.0625 e. The second-order valence-corrected chi connectivity index (χ2v) is 9.23. The molecule has 0 spiro atoms. The minimum Gasteiger partial charge on any atom is -0.0625 e. The minimum atomic E-state index is 0.357. The first-order valence-electron chi connectivity index (χ1n) is 8.06. The minimum absolute atomic E-state index is 0.357. The normalized spacial score (nSPS) is 13.1. The van der Waals surface area contributed by atoms with Crippen molar-refractivity contribution in [2.75, 3.05) is 0 Å². The maximum absolute atomic E-state index is 2.43. The molecular weight excluding hydrogens is 240 g/mol. The van der Waals surface area contributed by atoms with Crippen LogP contribution < -0.4 is 0 Å². The summed E-state index contributed by atoms with van der Waals surface area (Å²) in [4.78, 5) is 0. The molecule has 0 radical (unpaired) electrons. The van der Waals surface area contributed by atoms with Crippen LogP contribution in [0.4, 0.5) is 0 Å². The van der Waals surface area contributed by atoms with Gasteiger partial charge in [0, 0.05) is 0 Å². The first kappa shape index (κ1) is 17.3. The molecule has 0 heterocycles. The van der Waals surface area contributed by atoms with Crippen molar-refractivity contribution < 1.29 is 0 Å². The molecule has 1 aromatic rings. The van der Waals surface area contributed by atoms with Gasteiger partial charge in [-0.25, -0.2) is 0 Å². The highest BCUT2D eigenvalue weighted by Crippen LogP contribution is 2.27. The lowest BCUT2D eigenvalue weighted by Gasteiger charge is -2.22. The number of hydrogen-bond acceptors (Lipinski definition) is 0. The van der Waals surface area contributed by atoms with E-state index in [0.717, 1.165) is 18.8 Å². The van der Waals surface area contributed by atoms with Gasteiger partial charge >= 0.3 is 0 Å². The van der Waals surface area contributed by atoms with Crippen LogP contribution in [0.25, 0.3) is 0 Å². The molecule has 0 aliphatic rings. The summed E-state index contributed by atoms with van der Waals surface area (Å²) in [5.74, 6) is 0.724. The van der Waals surface area contributed by atoms with E-state index in [1.807, 2.05) is 0 Å². The lowest BCUT2D eigenvalue weighted by molar-refractivity contribution is 0.405. The third-order valence-electron chi connectivity index (χ3n) is 3.23. The smallest absolute Gasteiger partial charge is 0.0230 e. The average molecular weight is 274 g/mol. The summed E-state index contributed by atoms with van der Waals surface area (Å²) in [6.45, 7) is 18.6. The SMILES string of the molecule is CC(C)Cc1cc(CC(C)(C)C)cc(CC(C)(C)C)c1. The highest BCUT2D eigenvalue weighted by atomic mass is 14.2. The Balaban J connectivity index is 3.07. The zero-order valence-electron chi connectivity index (χ0n) is 14.9. The second kappa shape index (κ2) is 6.33. The lowest BCUT2D eigenvalue weighted by Crippen LogP contribution is -2.13. The Bertz CT molecular complexity index is 390. The third-order valence-corrected chi connectivity index (χ3v) is 3.23. The van der Waals surface area contributed by atoms with Crippen LogP contribution in [-0.2, 0) is 19.3 Å². The molecule has 0 heteroatoms. The van der Waals surface area contributed by atoms with Crippen molar-refractivity contribution in [2.45, 2.75) is 74.7 Å². The van der Waals surface area contributed by atoms with E-state index in [-0.39, 0.29) is 0 Å². The molecule has 0 aromatic heterocycles. The molecular formula is C20H34. The Morgan fingerprint density at radius 3 is 1.35 bits per heavy atom. The molecule has 114 valence electrons. The summed E-state index contributed by atoms with van der Waals surface area (Å²) in [5, 5.41) is 0. The molecule has 0 aliphatic carbocycles. The van der Waals surface area contributed by atoms with Crippen LogP contribution in [0.2, 0.25) is 0 Å². The van der Waals surface area contributed by atoms with Crippen molar-refractivity contribution in [3.05, 3.63) is 34.9 Å². The fraction of sp³-hybridized carbons (Fsp3) is 0.700. The molecule has 1 rings (SSSR count). The average Bonchev–Trinajstić information content (AvgIpc) is 2.08. The van der Waals surface area contributed by atoms with Crippen molar-refractivity contribution in [3.63, 3.8) is 0 Å².